The number of primary sulfonamides is 1. The molecule has 0 amide bonds. The van der Waals surface area contributed by atoms with Gasteiger partial charge in [0.2, 0.25) is 10.0 Å². The Morgan fingerprint density at radius 1 is 1.20 bits per heavy atom. The van der Waals surface area contributed by atoms with Gasteiger partial charge in [-0.1, -0.05) is 48.9 Å². The van der Waals surface area contributed by atoms with Crippen LogP contribution >= 0.6 is 23.2 Å². The molecule has 2 N–H and O–H groups in total. The van der Waals surface area contributed by atoms with Gasteiger partial charge in [-0.2, -0.15) is 0 Å². The van der Waals surface area contributed by atoms with Crippen molar-refractivity contribution in [3.8, 4) is 5.75 Å². The summed E-state index contributed by atoms with van der Waals surface area (Å²) < 4.78 is 28.2. The van der Waals surface area contributed by atoms with Gasteiger partial charge in [-0.3, -0.25) is 0 Å². The summed E-state index contributed by atoms with van der Waals surface area (Å²) >= 11 is 11.9. The lowest BCUT2D eigenvalue weighted by Gasteiger charge is -2.13. The van der Waals surface area contributed by atoms with E-state index in [2.05, 4.69) is 0 Å². The van der Waals surface area contributed by atoms with Crippen LogP contribution in [0.2, 0.25) is 10.0 Å². The zero-order valence-electron chi connectivity index (χ0n) is 10.9. The number of ether oxygens (including phenoxy) is 1. The fourth-order valence-electron chi connectivity index (χ4n) is 2.47. The molecule has 7 heteroatoms. The Hall–Kier alpha value is -0.490. The van der Waals surface area contributed by atoms with Gasteiger partial charge in [-0.25, -0.2) is 13.6 Å². The molecule has 0 radical (unpaired) electrons. The van der Waals surface area contributed by atoms with Gasteiger partial charge in [0.1, 0.15) is 10.6 Å². The molecule has 112 valence electrons. The Labute approximate surface area is 129 Å². The van der Waals surface area contributed by atoms with E-state index in [1.807, 2.05) is 0 Å². The molecule has 1 saturated carbocycles. The number of benzene rings is 1. The molecule has 0 aliphatic heterocycles. The minimum absolute atomic E-state index is 0.0211. The van der Waals surface area contributed by atoms with E-state index in [4.69, 9.17) is 33.1 Å². The van der Waals surface area contributed by atoms with Crippen LogP contribution in [0.3, 0.4) is 0 Å². The average Bonchev–Trinajstić information content (AvgIpc) is 2.84. The lowest BCUT2D eigenvalue weighted by atomic mass is 10.1. The van der Waals surface area contributed by atoms with E-state index in [1.54, 1.807) is 0 Å². The molecule has 2 rings (SSSR count). The minimum atomic E-state index is -3.88. The van der Waals surface area contributed by atoms with Crippen molar-refractivity contribution in [2.45, 2.75) is 37.0 Å². The van der Waals surface area contributed by atoms with Gasteiger partial charge in [0.25, 0.3) is 0 Å². The zero-order valence-corrected chi connectivity index (χ0v) is 13.3. The molecule has 20 heavy (non-hydrogen) atoms. The Kier molecular flexibility index (Phi) is 5.18. The maximum Gasteiger partial charge on any atom is 0.239 e. The molecule has 0 heterocycles. The first-order valence-corrected chi connectivity index (χ1v) is 8.83. The van der Waals surface area contributed by atoms with Crippen LogP contribution in [0.5, 0.6) is 5.75 Å². The van der Waals surface area contributed by atoms with Crippen LogP contribution in [0.15, 0.2) is 17.0 Å². The molecule has 0 spiro atoms. The molecular weight excluding hydrogens is 321 g/mol. The van der Waals surface area contributed by atoms with Crippen LogP contribution in [0.1, 0.15) is 32.1 Å². The molecule has 0 aromatic heterocycles. The Morgan fingerprint density at radius 3 is 2.45 bits per heavy atom. The highest BCUT2D eigenvalue weighted by Crippen LogP contribution is 2.34. The fraction of sp³-hybridized carbons (Fsp3) is 0.538. The SMILES string of the molecule is NS(=O)(=O)c1cc(Cl)c(OCCC2CCCC2)cc1Cl. The molecule has 1 fully saturated rings. The summed E-state index contributed by atoms with van der Waals surface area (Å²) in [6, 6.07) is 2.63. The largest absolute Gasteiger partial charge is 0.492 e. The smallest absolute Gasteiger partial charge is 0.239 e. The maximum absolute atomic E-state index is 11.3. The number of rotatable bonds is 5. The molecule has 0 unspecified atom stereocenters. The second-order valence-corrected chi connectivity index (χ2v) is 7.39. The van der Waals surface area contributed by atoms with E-state index >= 15 is 0 Å². The van der Waals surface area contributed by atoms with E-state index in [0.717, 1.165) is 6.42 Å². The van der Waals surface area contributed by atoms with Crippen LogP contribution in [-0.2, 0) is 10.0 Å². The third kappa shape index (κ3) is 4.01. The molecule has 0 atom stereocenters. The number of halogens is 2. The predicted octanol–water partition coefficient (Wildman–Crippen LogP) is 3.60. The van der Waals surface area contributed by atoms with Crippen molar-refractivity contribution in [3.05, 3.63) is 22.2 Å². The van der Waals surface area contributed by atoms with Crippen molar-refractivity contribution in [2.75, 3.05) is 6.61 Å². The van der Waals surface area contributed by atoms with Gasteiger partial charge in [0, 0.05) is 6.07 Å². The highest BCUT2D eigenvalue weighted by Gasteiger charge is 2.18. The minimum Gasteiger partial charge on any atom is -0.492 e. The zero-order chi connectivity index (χ0) is 14.8. The highest BCUT2D eigenvalue weighted by molar-refractivity contribution is 7.89. The van der Waals surface area contributed by atoms with Crippen molar-refractivity contribution in [1.29, 1.82) is 0 Å². The summed E-state index contributed by atoms with van der Waals surface area (Å²) in [6.45, 7) is 0.551. The molecule has 1 aliphatic rings. The quantitative estimate of drug-likeness (QED) is 0.892. The molecule has 0 saturated heterocycles. The maximum atomic E-state index is 11.3. The summed E-state index contributed by atoms with van der Waals surface area (Å²) in [5.74, 6) is 1.11. The number of sulfonamides is 1. The van der Waals surface area contributed by atoms with Gasteiger partial charge < -0.3 is 4.74 Å². The van der Waals surface area contributed by atoms with E-state index < -0.39 is 10.0 Å². The molecule has 0 bridgehead atoms. The highest BCUT2D eigenvalue weighted by atomic mass is 35.5. The van der Waals surface area contributed by atoms with Gasteiger partial charge >= 0.3 is 0 Å². The molecule has 1 aliphatic carbocycles. The standard InChI is InChI=1S/C13H17Cl2NO3S/c14-10-8-13(20(16,17)18)11(15)7-12(10)19-6-5-9-3-1-2-4-9/h7-9H,1-6H2,(H2,16,17,18). The molecular formula is C13H17Cl2NO3S. The van der Waals surface area contributed by atoms with Crippen LogP contribution in [-0.4, -0.2) is 15.0 Å². The Bertz CT molecular complexity index is 584. The average molecular weight is 338 g/mol. The van der Waals surface area contributed by atoms with Crippen molar-refractivity contribution in [1.82, 2.24) is 0 Å². The van der Waals surface area contributed by atoms with Crippen molar-refractivity contribution < 1.29 is 13.2 Å². The predicted molar refractivity (Wildman–Crippen MR) is 79.9 cm³/mol. The van der Waals surface area contributed by atoms with Gasteiger partial charge in [-0.05, 0) is 18.4 Å². The summed E-state index contributed by atoms with van der Waals surface area (Å²) in [5, 5.41) is 5.27. The summed E-state index contributed by atoms with van der Waals surface area (Å²) in [4.78, 5) is -0.188. The summed E-state index contributed by atoms with van der Waals surface area (Å²) in [7, 11) is -3.88. The van der Waals surface area contributed by atoms with Crippen molar-refractivity contribution in [2.24, 2.45) is 11.1 Å². The summed E-state index contributed by atoms with van der Waals surface area (Å²) in [6.07, 6.45) is 6.07. The van der Waals surface area contributed by atoms with Crippen LogP contribution in [0.4, 0.5) is 0 Å². The van der Waals surface area contributed by atoms with Crippen molar-refractivity contribution >= 4 is 33.2 Å². The Morgan fingerprint density at radius 2 is 1.85 bits per heavy atom. The van der Waals surface area contributed by atoms with E-state index in [0.29, 0.717) is 18.3 Å². The number of hydrogen-bond acceptors (Lipinski definition) is 3. The third-order valence-electron chi connectivity index (χ3n) is 3.55. The third-order valence-corrected chi connectivity index (χ3v) is 5.22. The van der Waals surface area contributed by atoms with Crippen LogP contribution in [0.25, 0.3) is 0 Å². The molecule has 1 aromatic carbocycles. The van der Waals surface area contributed by atoms with E-state index in [-0.39, 0.29) is 14.9 Å². The second-order valence-electron chi connectivity index (χ2n) is 5.05. The first-order chi connectivity index (χ1) is 9.38. The fourth-order valence-corrected chi connectivity index (χ4v) is 3.85. The lowest BCUT2D eigenvalue weighted by molar-refractivity contribution is 0.279. The van der Waals surface area contributed by atoms with E-state index in [1.165, 1.54) is 37.8 Å². The lowest BCUT2D eigenvalue weighted by Crippen LogP contribution is -2.13. The van der Waals surface area contributed by atoms with Gasteiger partial charge in [0.15, 0.2) is 0 Å². The van der Waals surface area contributed by atoms with Gasteiger partial charge in [-0.15, -0.1) is 0 Å². The van der Waals surface area contributed by atoms with Crippen LogP contribution in [0, 0.1) is 5.92 Å². The van der Waals surface area contributed by atoms with Crippen molar-refractivity contribution in [3.63, 3.8) is 0 Å². The second kappa shape index (κ2) is 6.52. The molecule has 1 aromatic rings. The number of nitrogens with two attached hydrogens (primary N) is 1. The first-order valence-electron chi connectivity index (χ1n) is 6.52. The monoisotopic (exact) mass is 337 g/mol. The first kappa shape index (κ1) is 15.9. The summed E-state index contributed by atoms with van der Waals surface area (Å²) in [5.41, 5.74) is 0. The number of hydrogen-bond donors (Lipinski definition) is 1. The molecule has 4 nitrogen and oxygen atoms in total. The Balaban J connectivity index is 2.03. The van der Waals surface area contributed by atoms with Crippen LogP contribution < -0.4 is 9.88 Å². The van der Waals surface area contributed by atoms with Gasteiger partial charge in [0.05, 0.1) is 16.7 Å². The topological polar surface area (TPSA) is 69.4 Å². The normalized spacial score (nSPS) is 16.6. The van der Waals surface area contributed by atoms with E-state index in [9.17, 15) is 8.42 Å².